The van der Waals surface area contributed by atoms with Crippen LogP contribution in [0.4, 0.5) is 5.82 Å². The number of fused-ring (bicyclic) bond motifs is 1. The third kappa shape index (κ3) is 2.16. The van der Waals surface area contributed by atoms with Crippen molar-refractivity contribution in [3.05, 3.63) is 46.3 Å². The van der Waals surface area contributed by atoms with Gasteiger partial charge in [0, 0.05) is 22.0 Å². The van der Waals surface area contributed by atoms with Crippen LogP contribution in [0.1, 0.15) is 21.8 Å². The van der Waals surface area contributed by atoms with E-state index in [0.717, 1.165) is 16.5 Å². The van der Waals surface area contributed by atoms with E-state index in [1.165, 1.54) is 0 Å². The Morgan fingerprint density at radius 1 is 1.35 bits per heavy atom. The number of halogens is 1. The molecule has 3 aromatic rings. The van der Waals surface area contributed by atoms with E-state index < -0.39 is 0 Å². The lowest BCUT2D eigenvalue weighted by atomic mass is 10.1. The smallest absolute Gasteiger partial charge is 0.273 e. The highest BCUT2D eigenvalue weighted by atomic mass is 35.5. The fraction of sp³-hybridized carbons (Fsp3) is 0.143. The van der Waals surface area contributed by atoms with Crippen LogP contribution in [-0.4, -0.2) is 16.0 Å². The molecule has 0 unspecified atom stereocenters. The van der Waals surface area contributed by atoms with E-state index in [0.29, 0.717) is 22.3 Å². The number of aromatic nitrogens is 2. The Morgan fingerprint density at radius 3 is 2.85 bits per heavy atom. The fourth-order valence-electron chi connectivity index (χ4n) is 2.13. The van der Waals surface area contributed by atoms with Gasteiger partial charge in [-0.05, 0) is 37.6 Å². The first-order valence-corrected chi connectivity index (χ1v) is 6.45. The Hall–Kier alpha value is -2.27. The highest BCUT2D eigenvalue weighted by molar-refractivity contribution is 6.31. The van der Waals surface area contributed by atoms with Crippen molar-refractivity contribution in [2.24, 2.45) is 0 Å². The van der Waals surface area contributed by atoms with E-state index in [1.54, 1.807) is 19.1 Å². The summed E-state index contributed by atoms with van der Waals surface area (Å²) in [5.74, 6) is 0.771. The molecule has 3 rings (SSSR count). The highest BCUT2D eigenvalue weighted by Crippen LogP contribution is 2.25. The molecule has 0 atom stereocenters. The Morgan fingerprint density at radius 2 is 2.15 bits per heavy atom. The van der Waals surface area contributed by atoms with Crippen molar-refractivity contribution < 1.29 is 9.32 Å². The number of carbonyl (C=O) groups is 1. The Bertz CT molecular complexity index is 804. The van der Waals surface area contributed by atoms with Gasteiger partial charge >= 0.3 is 0 Å². The maximum atomic E-state index is 12.2. The SMILES string of the molecule is Cc1cc(NC(=O)c2[nH]c3ccc(Cl)cc3c2C)no1. The van der Waals surface area contributed by atoms with Crippen molar-refractivity contribution in [3.8, 4) is 0 Å². The van der Waals surface area contributed by atoms with Gasteiger partial charge in [-0.25, -0.2) is 0 Å². The van der Waals surface area contributed by atoms with E-state index in [1.807, 2.05) is 19.1 Å². The lowest BCUT2D eigenvalue weighted by Crippen LogP contribution is -2.13. The zero-order valence-corrected chi connectivity index (χ0v) is 11.7. The predicted molar refractivity (Wildman–Crippen MR) is 77.2 cm³/mol. The second-order valence-corrected chi connectivity index (χ2v) is 5.03. The number of rotatable bonds is 2. The molecular weight excluding hydrogens is 278 g/mol. The molecular formula is C14H12ClN3O2. The minimum absolute atomic E-state index is 0.261. The van der Waals surface area contributed by atoms with Crippen LogP contribution in [0.25, 0.3) is 10.9 Å². The fourth-order valence-corrected chi connectivity index (χ4v) is 2.30. The van der Waals surface area contributed by atoms with Crippen LogP contribution in [0.3, 0.4) is 0 Å². The first-order valence-electron chi connectivity index (χ1n) is 6.07. The summed E-state index contributed by atoms with van der Waals surface area (Å²) in [5, 5.41) is 7.99. The summed E-state index contributed by atoms with van der Waals surface area (Å²) in [4.78, 5) is 15.3. The number of aromatic amines is 1. The second kappa shape index (κ2) is 4.68. The van der Waals surface area contributed by atoms with Gasteiger partial charge < -0.3 is 14.8 Å². The molecule has 2 aromatic heterocycles. The highest BCUT2D eigenvalue weighted by Gasteiger charge is 2.16. The number of benzene rings is 1. The molecule has 20 heavy (non-hydrogen) atoms. The van der Waals surface area contributed by atoms with Crippen LogP contribution in [0.2, 0.25) is 5.02 Å². The summed E-state index contributed by atoms with van der Waals surface area (Å²) in [5.41, 5.74) is 2.21. The number of hydrogen-bond acceptors (Lipinski definition) is 3. The molecule has 2 N–H and O–H groups in total. The maximum Gasteiger partial charge on any atom is 0.273 e. The van der Waals surface area contributed by atoms with E-state index in [-0.39, 0.29) is 5.91 Å². The van der Waals surface area contributed by atoms with Crippen molar-refractivity contribution in [1.29, 1.82) is 0 Å². The molecule has 0 fully saturated rings. The number of nitrogens with zero attached hydrogens (tertiary/aromatic N) is 1. The standard InChI is InChI=1S/C14H12ClN3O2/c1-7-5-12(18-20-7)17-14(19)13-8(2)10-6-9(15)3-4-11(10)16-13/h3-6,16H,1-2H3,(H,17,18,19). The number of H-pyrrole nitrogens is 1. The Kier molecular flexibility index (Phi) is 2.99. The molecule has 0 aliphatic carbocycles. The minimum atomic E-state index is -0.261. The first-order chi connectivity index (χ1) is 9.54. The Labute approximate surface area is 119 Å². The average molecular weight is 290 g/mol. The molecule has 6 heteroatoms. The molecule has 2 heterocycles. The van der Waals surface area contributed by atoms with Gasteiger partial charge in [-0.15, -0.1) is 0 Å². The van der Waals surface area contributed by atoms with Crippen LogP contribution in [-0.2, 0) is 0 Å². The second-order valence-electron chi connectivity index (χ2n) is 4.59. The first kappa shape index (κ1) is 12.7. The molecule has 1 aromatic carbocycles. The van der Waals surface area contributed by atoms with Crippen LogP contribution in [0, 0.1) is 13.8 Å². The molecule has 5 nitrogen and oxygen atoms in total. The number of anilines is 1. The number of carbonyl (C=O) groups excluding carboxylic acids is 1. The van der Waals surface area contributed by atoms with Gasteiger partial charge in [-0.2, -0.15) is 0 Å². The zero-order valence-electron chi connectivity index (χ0n) is 11.0. The molecule has 1 amide bonds. The van der Waals surface area contributed by atoms with Crippen molar-refractivity contribution >= 4 is 34.2 Å². The summed E-state index contributed by atoms with van der Waals surface area (Å²) in [6, 6.07) is 7.12. The van der Waals surface area contributed by atoms with Gasteiger partial charge in [0.1, 0.15) is 11.5 Å². The van der Waals surface area contributed by atoms with Crippen molar-refractivity contribution in [1.82, 2.24) is 10.1 Å². The average Bonchev–Trinajstić information content (AvgIpc) is 2.94. The third-order valence-corrected chi connectivity index (χ3v) is 3.35. The van der Waals surface area contributed by atoms with Crippen LogP contribution < -0.4 is 5.32 Å². The van der Waals surface area contributed by atoms with Gasteiger partial charge in [-0.3, -0.25) is 4.79 Å². The lowest BCUT2D eigenvalue weighted by Gasteiger charge is -1.99. The summed E-state index contributed by atoms with van der Waals surface area (Å²) >= 11 is 5.98. The number of hydrogen-bond donors (Lipinski definition) is 2. The van der Waals surface area contributed by atoms with Gasteiger partial charge in [0.15, 0.2) is 5.82 Å². The predicted octanol–water partition coefficient (Wildman–Crippen LogP) is 3.68. The van der Waals surface area contributed by atoms with Gasteiger partial charge in [0.25, 0.3) is 5.91 Å². The molecule has 0 saturated heterocycles. The van der Waals surface area contributed by atoms with Crippen molar-refractivity contribution in [3.63, 3.8) is 0 Å². The van der Waals surface area contributed by atoms with Crippen molar-refractivity contribution in [2.75, 3.05) is 5.32 Å². The van der Waals surface area contributed by atoms with Gasteiger partial charge in [0.05, 0.1) is 0 Å². The largest absolute Gasteiger partial charge is 0.360 e. The molecule has 0 aliphatic rings. The normalized spacial score (nSPS) is 10.9. The molecule has 0 saturated carbocycles. The molecule has 0 spiro atoms. The van der Waals surface area contributed by atoms with E-state index in [9.17, 15) is 4.79 Å². The third-order valence-electron chi connectivity index (χ3n) is 3.12. The summed E-state index contributed by atoms with van der Waals surface area (Å²) in [6.07, 6.45) is 0. The number of aryl methyl sites for hydroxylation is 2. The molecule has 0 radical (unpaired) electrons. The minimum Gasteiger partial charge on any atom is -0.360 e. The molecule has 102 valence electrons. The van der Waals surface area contributed by atoms with E-state index in [2.05, 4.69) is 15.5 Å². The zero-order chi connectivity index (χ0) is 14.3. The topological polar surface area (TPSA) is 70.9 Å². The van der Waals surface area contributed by atoms with Gasteiger partial charge in [0.2, 0.25) is 0 Å². The molecule has 0 aliphatic heterocycles. The monoisotopic (exact) mass is 289 g/mol. The lowest BCUT2D eigenvalue weighted by molar-refractivity contribution is 0.102. The Balaban J connectivity index is 1.97. The number of nitrogens with one attached hydrogen (secondary N) is 2. The molecule has 0 bridgehead atoms. The van der Waals surface area contributed by atoms with Crippen LogP contribution in [0.15, 0.2) is 28.8 Å². The van der Waals surface area contributed by atoms with Crippen LogP contribution >= 0.6 is 11.6 Å². The van der Waals surface area contributed by atoms with E-state index in [4.69, 9.17) is 16.1 Å². The maximum absolute atomic E-state index is 12.2. The summed E-state index contributed by atoms with van der Waals surface area (Å²) in [6.45, 7) is 3.64. The summed E-state index contributed by atoms with van der Waals surface area (Å²) in [7, 11) is 0. The van der Waals surface area contributed by atoms with Crippen molar-refractivity contribution in [2.45, 2.75) is 13.8 Å². The summed E-state index contributed by atoms with van der Waals surface area (Å²) < 4.78 is 4.91. The van der Waals surface area contributed by atoms with Gasteiger partial charge in [-0.1, -0.05) is 16.8 Å². The quantitative estimate of drug-likeness (QED) is 0.756. The number of amides is 1. The van der Waals surface area contributed by atoms with Crippen LogP contribution in [0.5, 0.6) is 0 Å². The van der Waals surface area contributed by atoms with E-state index >= 15 is 0 Å².